The lowest BCUT2D eigenvalue weighted by Gasteiger charge is -2.36. The van der Waals surface area contributed by atoms with Gasteiger partial charge in [-0.3, -0.25) is 0 Å². The van der Waals surface area contributed by atoms with Crippen molar-refractivity contribution in [2.24, 2.45) is 47.0 Å². The van der Waals surface area contributed by atoms with Crippen LogP contribution >= 0.6 is 23.5 Å². The molecule has 2 saturated heterocycles. The smallest absolute Gasteiger partial charge is 0.0564 e. The Morgan fingerprint density at radius 1 is 0.559 bits per heavy atom. The van der Waals surface area contributed by atoms with Crippen LogP contribution in [0.15, 0.2) is 0 Å². The van der Waals surface area contributed by atoms with E-state index in [-0.39, 0.29) is 0 Å². The minimum Gasteiger partial charge on any atom is -0.330 e. The van der Waals surface area contributed by atoms with E-state index in [2.05, 4.69) is 34.2 Å². The monoisotopic (exact) mass is 508 g/mol. The topological polar surface area (TPSA) is 76.1 Å². The third-order valence-electron chi connectivity index (χ3n) is 10.1. The van der Waals surface area contributed by atoms with Crippen molar-refractivity contribution >= 4 is 23.5 Å². The molecule has 0 amide bonds. The summed E-state index contributed by atoms with van der Waals surface area (Å²) >= 11 is 4.67. The zero-order chi connectivity index (χ0) is 23.3. The maximum atomic E-state index is 5.88. The molecule has 5 aliphatic rings. The van der Waals surface area contributed by atoms with Gasteiger partial charge in [-0.05, 0) is 106 Å². The van der Waals surface area contributed by atoms with Gasteiger partial charge in [0.15, 0.2) is 0 Å². The van der Waals surface area contributed by atoms with Gasteiger partial charge in [-0.1, -0.05) is 32.1 Å². The summed E-state index contributed by atoms with van der Waals surface area (Å²) in [5.41, 5.74) is 11.8. The lowest BCUT2D eigenvalue weighted by atomic mass is 9.78. The Balaban J connectivity index is 1.09. The van der Waals surface area contributed by atoms with Crippen LogP contribution in [0.1, 0.15) is 89.9 Å². The van der Waals surface area contributed by atoms with Crippen molar-refractivity contribution in [1.29, 1.82) is 0 Å². The van der Waals surface area contributed by atoms with Crippen LogP contribution in [0.3, 0.4) is 0 Å². The fraction of sp³-hybridized carbons (Fsp3) is 1.00. The van der Waals surface area contributed by atoms with Gasteiger partial charge in [0.25, 0.3) is 0 Å². The minimum absolute atomic E-state index is 0.709. The molecule has 0 aromatic heterocycles. The van der Waals surface area contributed by atoms with Gasteiger partial charge < -0.3 is 22.1 Å². The summed E-state index contributed by atoms with van der Waals surface area (Å²) in [6.07, 6.45) is 19.8. The molecule has 34 heavy (non-hydrogen) atoms. The molecule has 0 aromatic carbocycles. The van der Waals surface area contributed by atoms with Crippen LogP contribution in [0, 0.1) is 35.5 Å². The molecule has 3 aliphatic carbocycles. The first-order chi connectivity index (χ1) is 16.7. The average Bonchev–Trinajstić information content (AvgIpc) is 3.56. The number of hydrogen-bond acceptors (Lipinski definition) is 6. The van der Waals surface area contributed by atoms with Crippen molar-refractivity contribution in [3.8, 4) is 0 Å². The highest BCUT2D eigenvalue weighted by molar-refractivity contribution is 8.01. The number of hydrogen-bond donors (Lipinski definition) is 4. The average molecular weight is 509 g/mol. The van der Waals surface area contributed by atoms with Gasteiger partial charge in [-0.2, -0.15) is 0 Å². The zero-order valence-corrected chi connectivity index (χ0v) is 23.1. The molecule has 0 spiro atoms. The highest BCUT2D eigenvalue weighted by Crippen LogP contribution is 2.47. The van der Waals surface area contributed by atoms with Crippen LogP contribution in [-0.2, 0) is 0 Å². The first-order valence-electron chi connectivity index (χ1n) is 14.9. The summed E-state index contributed by atoms with van der Waals surface area (Å²) in [5, 5.41) is 11.1. The maximum absolute atomic E-state index is 5.88. The van der Waals surface area contributed by atoms with Crippen molar-refractivity contribution < 1.29 is 0 Å². The molecule has 10 unspecified atom stereocenters. The molecule has 0 aromatic rings. The second kappa shape index (κ2) is 12.9. The Hall–Kier alpha value is 0.540. The van der Waals surface area contributed by atoms with Crippen molar-refractivity contribution in [1.82, 2.24) is 10.6 Å². The van der Waals surface area contributed by atoms with Crippen LogP contribution in [0.2, 0.25) is 0 Å². The van der Waals surface area contributed by atoms with Crippen molar-refractivity contribution in [2.45, 2.75) is 111 Å². The van der Waals surface area contributed by atoms with E-state index in [1.165, 1.54) is 103 Å². The molecule has 0 radical (unpaired) electrons. The predicted molar refractivity (Wildman–Crippen MR) is 150 cm³/mol. The van der Waals surface area contributed by atoms with Gasteiger partial charge in [-0.25, -0.2) is 0 Å². The number of rotatable bonds is 8. The van der Waals surface area contributed by atoms with Crippen LogP contribution in [0.4, 0.5) is 0 Å². The molecule has 2 aliphatic heterocycles. The van der Waals surface area contributed by atoms with E-state index in [1.807, 2.05) is 0 Å². The van der Waals surface area contributed by atoms with E-state index in [1.54, 1.807) is 0 Å². The Morgan fingerprint density at radius 2 is 1.00 bits per heavy atom. The molecular weight excluding hydrogens is 456 g/mol. The predicted octanol–water partition coefficient (Wildman–Crippen LogP) is 5.17. The number of thioether (sulfide) groups is 2. The van der Waals surface area contributed by atoms with Crippen LogP contribution < -0.4 is 22.1 Å². The largest absolute Gasteiger partial charge is 0.330 e. The van der Waals surface area contributed by atoms with E-state index in [0.29, 0.717) is 10.7 Å². The summed E-state index contributed by atoms with van der Waals surface area (Å²) < 4.78 is 0. The molecule has 4 nitrogen and oxygen atoms in total. The second-order valence-corrected chi connectivity index (χ2v) is 15.2. The molecule has 5 fully saturated rings. The van der Waals surface area contributed by atoms with Crippen LogP contribution in [0.5, 0.6) is 0 Å². The van der Waals surface area contributed by atoms with E-state index in [0.717, 1.165) is 59.1 Å². The summed E-state index contributed by atoms with van der Waals surface area (Å²) in [4.78, 5) is 0. The van der Waals surface area contributed by atoms with Gasteiger partial charge in [0.1, 0.15) is 0 Å². The fourth-order valence-electron chi connectivity index (χ4n) is 8.30. The fourth-order valence-corrected chi connectivity index (χ4v) is 11.7. The molecule has 0 bridgehead atoms. The summed E-state index contributed by atoms with van der Waals surface area (Å²) in [5.74, 6) is 5.41. The number of nitrogens with one attached hydrogen (secondary N) is 2. The molecule has 196 valence electrons. The number of nitrogens with two attached hydrogens (primary N) is 2. The molecule has 5 rings (SSSR count). The van der Waals surface area contributed by atoms with E-state index >= 15 is 0 Å². The summed E-state index contributed by atoms with van der Waals surface area (Å²) in [7, 11) is 0. The quantitative estimate of drug-likeness (QED) is 0.363. The van der Waals surface area contributed by atoms with Crippen molar-refractivity contribution in [3.05, 3.63) is 0 Å². The standard InChI is InChI=1S/C28H52N4S2/c29-12-10-19-4-1-6-21(14-19)25-17-31-27(33-25)23-8-3-9-24(16-23)28-32-18-26(34-28)22-7-2-5-20(15-22)11-13-30/h19-28,31-32H,1-18,29-30H2. The van der Waals surface area contributed by atoms with E-state index < -0.39 is 0 Å². The maximum Gasteiger partial charge on any atom is 0.0564 e. The zero-order valence-electron chi connectivity index (χ0n) is 21.5. The Labute approximate surface area is 218 Å². The first kappa shape index (κ1) is 26.2. The van der Waals surface area contributed by atoms with Crippen molar-refractivity contribution in [3.63, 3.8) is 0 Å². The molecule has 6 N–H and O–H groups in total. The van der Waals surface area contributed by atoms with E-state index in [9.17, 15) is 0 Å². The van der Waals surface area contributed by atoms with E-state index in [4.69, 9.17) is 11.5 Å². The molecule has 10 atom stereocenters. The van der Waals surface area contributed by atoms with Gasteiger partial charge in [0.2, 0.25) is 0 Å². The second-order valence-electron chi connectivity index (χ2n) is 12.4. The lowest BCUT2D eigenvalue weighted by Crippen LogP contribution is -2.37. The first-order valence-corrected chi connectivity index (χ1v) is 16.8. The molecular formula is C28H52N4S2. The van der Waals surface area contributed by atoms with Crippen LogP contribution in [-0.4, -0.2) is 47.4 Å². The van der Waals surface area contributed by atoms with Gasteiger partial charge in [0.05, 0.1) is 10.7 Å². The Kier molecular flexibility index (Phi) is 9.90. The normalized spacial score (nSPS) is 46.1. The highest BCUT2D eigenvalue weighted by Gasteiger charge is 2.42. The van der Waals surface area contributed by atoms with Crippen molar-refractivity contribution in [2.75, 3.05) is 26.2 Å². The van der Waals surface area contributed by atoms with Gasteiger partial charge in [0, 0.05) is 23.6 Å². The van der Waals surface area contributed by atoms with Gasteiger partial charge in [-0.15, -0.1) is 23.5 Å². The molecule has 2 heterocycles. The molecule has 3 saturated carbocycles. The third kappa shape index (κ3) is 6.51. The summed E-state index contributed by atoms with van der Waals surface area (Å²) in [6.45, 7) is 4.26. The Bertz CT molecular complexity index is 567. The van der Waals surface area contributed by atoms with Gasteiger partial charge >= 0.3 is 0 Å². The summed E-state index contributed by atoms with van der Waals surface area (Å²) in [6, 6.07) is 0. The minimum atomic E-state index is 0.709. The third-order valence-corrected chi connectivity index (χ3v) is 13.6. The lowest BCUT2D eigenvalue weighted by molar-refractivity contribution is 0.234. The highest BCUT2D eigenvalue weighted by atomic mass is 32.2. The van der Waals surface area contributed by atoms with Crippen LogP contribution in [0.25, 0.3) is 0 Å². The SMILES string of the molecule is NCCC1CCCC(C2CNC(C3CCCC(C4NCC(C5CCCC(CCN)C5)S4)C3)S2)C1. The molecule has 6 heteroatoms. The Morgan fingerprint density at radius 3 is 1.47 bits per heavy atom.